The van der Waals surface area contributed by atoms with Crippen molar-refractivity contribution in [3.05, 3.63) is 205 Å². The summed E-state index contributed by atoms with van der Waals surface area (Å²) in [5, 5.41) is 8.52. The molecule has 0 spiro atoms. The minimum atomic E-state index is -0.424. The van der Waals surface area contributed by atoms with Gasteiger partial charge in [0.1, 0.15) is 0 Å². The van der Waals surface area contributed by atoms with Gasteiger partial charge in [-0.3, -0.25) is 9.55 Å². The van der Waals surface area contributed by atoms with Crippen molar-refractivity contribution in [2.24, 2.45) is 9.98 Å². The van der Waals surface area contributed by atoms with Crippen molar-refractivity contribution in [3.63, 3.8) is 0 Å². The lowest BCUT2D eigenvalue weighted by molar-refractivity contribution is 0.382. The van der Waals surface area contributed by atoms with E-state index in [9.17, 15) is 0 Å². The summed E-state index contributed by atoms with van der Waals surface area (Å²) < 4.78 is 4.71. The number of fused-ring (bicyclic) bond motifs is 7. The second kappa shape index (κ2) is 13.4. The van der Waals surface area contributed by atoms with Crippen LogP contribution in [-0.2, 0) is 0 Å². The van der Waals surface area contributed by atoms with Gasteiger partial charge in [0.25, 0.3) is 0 Å². The molecule has 0 bridgehead atoms. The molecular formula is C50H37N7. The molecule has 9 aromatic rings. The molecule has 11 rings (SSSR count). The zero-order valence-corrected chi connectivity index (χ0v) is 31.2. The minimum absolute atomic E-state index is 0.121. The third kappa shape index (κ3) is 5.46. The Morgan fingerprint density at radius 2 is 1.18 bits per heavy atom. The summed E-state index contributed by atoms with van der Waals surface area (Å²) in [6, 6.07) is 57.6. The summed E-state index contributed by atoms with van der Waals surface area (Å²) in [5.41, 5.74) is 10.6. The van der Waals surface area contributed by atoms with Gasteiger partial charge >= 0.3 is 0 Å². The van der Waals surface area contributed by atoms with Gasteiger partial charge in [-0.05, 0) is 42.0 Å². The molecule has 2 atom stereocenters. The number of aromatic nitrogens is 3. The highest BCUT2D eigenvalue weighted by molar-refractivity contribution is 6.26. The number of hydrogen-bond acceptors (Lipinski definition) is 5. The van der Waals surface area contributed by atoms with Gasteiger partial charge in [0.15, 0.2) is 12.0 Å². The summed E-state index contributed by atoms with van der Waals surface area (Å²) in [6.07, 6.45) is 8.13. The Morgan fingerprint density at radius 1 is 0.561 bits per heavy atom. The molecule has 0 fully saturated rings. The average Bonchev–Trinajstić information content (AvgIpc) is 3.80. The normalized spacial score (nSPS) is 16.9. The summed E-state index contributed by atoms with van der Waals surface area (Å²) in [5.74, 6) is 1.31. The van der Waals surface area contributed by atoms with Crippen LogP contribution in [0.4, 0.5) is 0 Å². The maximum atomic E-state index is 5.39. The molecule has 6 aromatic carbocycles. The van der Waals surface area contributed by atoms with E-state index in [1.165, 1.54) is 16.3 Å². The van der Waals surface area contributed by atoms with Gasteiger partial charge in [0.2, 0.25) is 5.96 Å². The SMILES string of the molecule is CN1C=C(C2N=C(c3ccc(-c4ccccc4)nc3)N=C(n3c4ccccc4c4ccc5c6ccccc6n(-c6ccccc6)c5c43)N2)C=CC1c1ccccc1. The molecule has 2 aliphatic heterocycles. The second-order valence-corrected chi connectivity index (χ2v) is 14.6. The fourth-order valence-corrected chi connectivity index (χ4v) is 8.58. The molecule has 2 aliphatic rings. The van der Waals surface area contributed by atoms with Crippen LogP contribution in [0.3, 0.4) is 0 Å². The van der Waals surface area contributed by atoms with Crippen LogP contribution in [0.15, 0.2) is 204 Å². The number of para-hydroxylation sites is 3. The molecule has 2 unspecified atom stereocenters. The largest absolute Gasteiger partial charge is 0.370 e. The Kier molecular flexibility index (Phi) is 7.70. The third-order valence-corrected chi connectivity index (χ3v) is 11.2. The zero-order chi connectivity index (χ0) is 37.9. The number of nitrogens with one attached hydrogen (secondary N) is 1. The fourth-order valence-electron chi connectivity index (χ4n) is 8.58. The second-order valence-electron chi connectivity index (χ2n) is 14.6. The standard InChI is InChI=1S/C50H37N7/c1-55-32-36(26-30-43(55)34-17-7-3-8-18-34)49-52-48(35-25-29-42(51-31-35)33-15-5-2-6-16-33)53-50(54-49)57-45-24-14-12-22-39(45)41-28-27-40-38-21-11-13-23-44(38)56(46(40)47(41)57)37-19-9-4-10-20-37/h2-32,43,49H,1H3,(H,52,53,54). The average molecular weight is 736 g/mol. The van der Waals surface area contributed by atoms with Crippen LogP contribution in [0, 0.1) is 0 Å². The molecule has 0 amide bonds. The molecule has 1 N–H and O–H groups in total. The first-order chi connectivity index (χ1) is 28.2. The number of hydrogen-bond donors (Lipinski definition) is 1. The van der Waals surface area contributed by atoms with E-state index in [1.807, 2.05) is 24.4 Å². The molecule has 3 aromatic heterocycles. The number of aliphatic imine (C=N–C) groups is 2. The van der Waals surface area contributed by atoms with E-state index in [2.05, 4.69) is 190 Å². The summed E-state index contributed by atoms with van der Waals surface area (Å²) in [7, 11) is 2.13. The maximum absolute atomic E-state index is 5.39. The molecule has 0 saturated carbocycles. The molecule has 5 heterocycles. The number of amidine groups is 1. The third-order valence-electron chi connectivity index (χ3n) is 11.2. The zero-order valence-electron chi connectivity index (χ0n) is 31.2. The highest BCUT2D eigenvalue weighted by Crippen LogP contribution is 2.40. The summed E-state index contributed by atoms with van der Waals surface area (Å²) >= 11 is 0. The quantitative estimate of drug-likeness (QED) is 0.191. The molecule has 0 saturated heterocycles. The van der Waals surface area contributed by atoms with Gasteiger partial charge in [-0.1, -0.05) is 140 Å². The van der Waals surface area contributed by atoms with Crippen LogP contribution in [0.2, 0.25) is 0 Å². The van der Waals surface area contributed by atoms with Crippen LogP contribution in [0.5, 0.6) is 0 Å². The van der Waals surface area contributed by atoms with E-state index in [0.717, 1.165) is 60.9 Å². The Morgan fingerprint density at radius 3 is 1.84 bits per heavy atom. The van der Waals surface area contributed by atoms with Crippen molar-refractivity contribution in [2.75, 3.05) is 7.05 Å². The lowest BCUT2D eigenvalue weighted by Crippen LogP contribution is -2.43. The monoisotopic (exact) mass is 735 g/mol. The predicted octanol–water partition coefficient (Wildman–Crippen LogP) is 10.7. The Bertz CT molecular complexity index is 3100. The molecule has 7 heteroatoms. The van der Waals surface area contributed by atoms with E-state index in [0.29, 0.717) is 11.8 Å². The lowest BCUT2D eigenvalue weighted by Gasteiger charge is -2.32. The number of pyridine rings is 1. The van der Waals surface area contributed by atoms with Gasteiger partial charge in [-0.2, -0.15) is 4.99 Å². The first-order valence-electron chi connectivity index (χ1n) is 19.3. The Labute approximate surface area is 329 Å². The molecule has 0 radical (unpaired) electrons. The van der Waals surface area contributed by atoms with Crippen LogP contribution in [-0.4, -0.2) is 44.0 Å². The van der Waals surface area contributed by atoms with E-state index in [4.69, 9.17) is 15.0 Å². The van der Waals surface area contributed by atoms with E-state index in [1.54, 1.807) is 0 Å². The number of nitrogens with zero attached hydrogens (tertiary/aromatic N) is 6. The van der Waals surface area contributed by atoms with Crippen LogP contribution >= 0.6 is 0 Å². The van der Waals surface area contributed by atoms with E-state index in [-0.39, 0.29) is 6.04 Å². The molecule has 0 aliphatic carbocycles. The first kappa shape index (κ1) is 32.9. The Hall–Kier alpha value is -7.51. The van der Waals surface area contributed by atoms with E-state index < -0.39 is 6.17 Å². The highest BCUT2D eigenvalue weighted by atomic mass is 15.3. The van der Waals surface area contributed by atoms with Crippen molar-refractivity contribution >= 4 is 55.4 Å². The van der Waals surface area contributed by atoms with Crippen molar-refractivity contribution in [1.82, 2.24) is 24.3 Å². The first-order valence-corrected chi connectivity index (χ1v) is 19.3. The number of rotatable bonds is 5. The lowest BCUT2D eigenvalue weighted by atomic mass is 10.0. The van der Waals surface area contributed by atoms with Crippen molar-refractivity contribution in [3.8, 4) is 16.9 Å². The van der Waals surface area contributed by atoms with Crippen molar-refractivity contribution < 1.29 is 0 Å². The minimum Gasteiger partial charge on any atom is -0.370 e. The number of benzene rings is 6. The van der Waals surface area contributed by atoms with Gasteiger partial charge < -0.3 is 14.8 Å². The van der Waals surface area contributed by atoms with Crippen LogP contribution < -0.4 is 5.32 Å². The van der Waals surface area contributed by atoms with Crippen molar-refractivity contribution in [1.29, 1.82) is 0 Å². The Balaban J connectivity index is 1.14. The fraction of sp³-hybridized carbons (Fsp3) is 0.0600. The summed E-state index contributed by atoms with van der Waals surface area (Å²) in [6.45, 7) is 0. The highest BCUT2D eigenvalue weighted by Gasteiger charge is 2.29. The molecular weight excluding hydrogens is 699 g/mol. The van der Waals surface area contributed by atoms with Crippen LogP contribution in [0.25, 0.3) is 60.6 Å². The van der Waals surface area contributed by atoms with Gasteiger partial charge in [-0.15, -0.1) is 0 Å². The molecule has 272 valence electrons. The predicted molar refractivity (Wildman–Crippen MR) is 234 cm³/mol. The molecule has 7 nitrogen and oxygen atoms in total. The van der Waals surface area contributed by atoms with Gasteiger partial charge in [-0.25, -0.2) is 4.99 Å². The molecule has 57 heavy (non-hydrogen) atoms. The van der Waals surface area contributed by atoms with Gasteiger partial charge in [0.05, 0.1) is 33.8 Å². The smallest absolute Gasteiger partial charge is 0.212 e. The van der Waals surface area contributed by atoms with E-state index >= 15 is 0 Å². The topological polar surface area (TPSA) is 62.7 Å². The maximum Gasteiger partial charge on any atom is 0.212 e. The van der Waals surface area contributed by atoms with Gasteiger partial charge in [0, 0.05) is 63.4 Å². The van der Waals surface area contributed by atoms with Crippen LogP contribution in [0.1, 0.15) is 17.2 Å². The van der Waals surface area contributed by atoms with Crippen molar-refractivity contribution in [2.45, 2.75) is 12.2 Å². The summed E-state index contributed by atoms with van der Waals surface area (Å²) in [4.78, 5) is 17.9. The number of likely N-dealkylation sites (N-methyl/N-ethyl adjacent to an activating group) is 1.